The van der Waals surface area contributed by atoms with Crippen molar-refractivity contribution >= 4 is 22.2 Å². The Morgan fingerprint density at radius 2 is 1.94 bits per heavy atom. The van der Waals surface area contributed by atoms with E-state index in [1.807, 2.05) is 0 Å². The van der Waals surface area contributed by atoms with E-state index >= 15 is 0 Å². The molecular formula is C14H10BrFO2. The van der Waals surface area contributed by atoms with Crippen molar-refractivity contribution in [1.29, 1.82) is 0 Å². The minimum atomic E-state index is -0.334. The Hall–Kier alpha value is -1.68. The van der Waals surface area contributed by atoms with Crippen molar-refractivity contribution in [2.75, 3.05) is 0 Å². The zero-order valence-corrected chi connectivity index (χ0v) is 11.0. The zero-order valence-electron chi connectivity index (χ0n) is 9.40. The molecule has 4 heteroatoms. The number of carbonyl (C=O) groups excluding carboxylic acids is 1. The quantitative estimate of drug-likeness (QED) is 0.799. The molecule has 2 aromatic rings. The summed E-state index contributed by atoms with van der Waals surface area (Å²) < 4.78 is 19.2. The first-order valence-corrected chi connectivity index (χ1v) is 6.11. The van der Waals surface area contributed by atoms with Gasteiger partial charge in [-0.2, -0.15) is 0 Å². The highest BCUT2D eigenvalue weighted by molar-refractivity contribution is 9.10. The van der Waals surface area contributed by atoms with Crippen LogP contribution in [0, 0.1) is 5.82 Å². The molecule has 2 aromatic carbocycles. The Bertz CT molecular complexity index is 569. The minimum absolute atomic E-state index is 0.198. The lowest BCUT2D eigenvalue weighted by molar-refractivity contribution is 0.111. The SMILES string of the molecule is O=Cc1ccccc1OCc1cccc(F)c1Br. The zero-order chi connectivity index (χ0) is 13.0. The number of halogens is 2. The maximum absolute atomic E-state index is 13.3. The minimum Gasteiger partial charge on any atom is -0.488 e. The first-order valence-electron chi connectivity index (χ1n) is 5.32. The lowest BCUT2D eigenvalue weighted by Crippen LogP contribution is -1.99. The van der Waals surface area contributed by atoms with Crippen LogP contribution in [-0.4, -0.2) is 6.29 Å². The number of hydrogen-bond acceptors (Lipinski definition) is 2. The summed E-state index contributed by atoms with van der Waals surface area (Å²) in [6.07, 6.45) is 0.732. The average Bonchev–Trinajstić information content (AvgIpc) is 2.41. The molecule has 0 N–H and O–H groups in total. The van der Waals surface area contributed by atoms with Gasteiger partial charge >= 0.3 is 0 Å². The molecule has 2 nitrogen and oxygen atoms in total. The molecule has 0 fully saturated rings. The van der Waals surface area contributed by atoms with Crippen LogP contribution in [0.25, 0.3) is 0 Å². The highest BCUT2D eigenvalue weighted by atomic mass is 79.9. The fourth-order valence-corrected chi connectivity index (χ4v) is 1.90. The number of benzene rings is 2. The number of para-hydroxylation sites is 1. The molecule has 0 aromatic heterocycles. The van der Waals surface area contributed by atoms with Crippen LogP contribution in [0.4, 0.5) is 4.39 Å². The molecule has 0 bridgehead atoms. The predicted octanol–water partition coefficient (Wildman–Crippen LogP) is 3.98. The summed E-state index contributed by atoms with van der Waals surface area (Å²) >= 11 is 3.16. The van der Waals surface area contributed by atoms with Gasteiger partial charge in [-0.05, 0) is 34.1 Å². The van der Waals surface area contributed by atoms with Crippen molar-refractivity contribution < 1.29 is 13.9 Å². The van der Waals surface area contributed by atoms with Crippen molar-refractivity contribution in [3.63, 3.8) is 0 Å². The third kappa shape index (κ3) is 2.76. The molecule has 0 saturated heterocycles. The van der Waals surface area contributed by atoms with Gasteiger partial charge in [0.25, 0.3) is 0 Å². The molecule has 0 aliphatic rings. The van der Waals surface area contributed by atoms with Gasteiger partial charge in [0.2, 0.25) is 0 Å². The normalized spacial score (nSPS) is 10.1. The molecule has 92 valence electrons. The smallest absolute Gasteiger partial charge is 0.153 e. The molecule has 0 atom stereocenters. The van der Waals surface area contributed by atoms with Crippen LogP contribution in [-0.2, 0) is 6.61 Å². The molecule has 18 heavy (non-hydrogen) atoms. The van der Waals surface area contributed by atoms with Gasteiger partial charge < -0.3 is 4.74 Å². The molecule has 0 amide bonds. The Labute approximate surface area is 113 Å². The van der Waals surface area contributed by atoms with E-state index in [0.29, 0.717) is 21.3 Å². The Morgan fingerprint density at radius 1 is 1.17 bits per heavy atom. The molecule has 0 spiro atoms. The maximum atomic E-state index is 13.3. The van der Waals surface area contributed by atoms with Crippen LogP contribution in [0.5, 0.6) is 5.75 Å². The van der Waals surface area contributed by atoms with Crippen LogP contribution >= 0.6 is 15.9 Å². The van der Waals surface area contributed by atoms with Crippen LogP contribution in [0.2, 0.25) is 0 Å². The van der Waals surface area contributed by atoms with Crippen LogP contribution in [0.1, 0.15) is 15.9 Å². The lowest BCUT2D eigenvalue weighted by Gasteiger charge is -2.09. The summed E-state index contributed by atoms with van der Waals surface area (Å²) in [7, 11) is 0. The maximum Gasteiger partial charge on any atom is 0.153 e. The highest BCUT2D eigenvalue weighted by Gasteiger charge is 2.07. The summed E-state index contributed by atoms with van der Waals surface area (Å²) in [6, 6.07) is 11.7. The Balaban J connectivity index is 2.16. The average molecular weight is 309 g/mol. The highest BCUT2D eigenvalue weighted by Crippen LogP contribution is 2.23. The summed E-state index contributed by atoms with van der Waals surface area (Å²) in [5.74, 6) is 0.156. The van der Waals surface area contributed by atoms with Crippen molar-refractivity contribution in [3.05, 3.63) is 63.9 Å². The van der Waals surface area contributed by atoms with Crippen molar-refractivity contribution in [1.82, 2.24) is 0 Å². The van der Waals surface area contributed by atoms with E-state index in [9.17, 15) is 9.18 Å². The molecular weight excluding hydrogens is 299 g/mol. The predicted molar refractivity (Wildman–Crippen MR) is 70.3 cm³/mol. The second-order valence-electron chi connectivity index (χ2n) is 3.66. The van der Waals surface area contributed by atoms with E-state index in [1.165, 1.54) is 6.07 Å². The molecule has 0 saturated carbocycles. The van der Waals surface area contributed by atoms with Gasteiger partial charge in [0.1, 0.15) is 18.2 Å². The topological polar surface area (TPSA) is 26.3 Å². The van der Waals surface area contributed by atoms with Gasteiger partial charge in [0, 0.05) is 5.56 Å². The largest absolute Gasteiger partial charge is 0.488 e. The van der Waals surface area contributed by atoms with E-state index in [2.05, 4.69) is 15.9 Å². The second-order valence-corrected chi connectivity index (χ2v) is 4.45. The third-order valence-electron chi connectivity index (χ3n) is 2.46. The van der Waals surface area contributed by atoms with Crippen molar-refractivity contribution in [2.24, 2.45) is 0 Å². The van der Waals surface area contributed by atoms with Gasteiger partial charge in [0.05, 0.1) is 10.0 Å². The summed E-state index contributed by atoms with van der Waals surface area (Å²) in [6.45, 7) is 0.198. The standard InChI is InChI=1S/C14H10BrFO2/c15-14-11(5-3-6-12(14)16)9-18-13-7-2-1-4-10(13)8-17/h1-8H,9H2. The third-order valence-corrected chi connectivity index (χ3v) is 3.35. The van der Waals surface area contributed by atoms with Crippen molar-refractivity contribution in [2.45, 2.75) is 6.61 Å². The van der Waals surface area contributed by atoms with Gasteiger partial charge in [-0.3, -0.25) is 4.79 Å². The number of rotatable bonds is 4. The van der Waals surface area contributed by atoms with E-state index in [0.717, 1.165) is 6.29 Å². The Morgan fingerprint density at radius 3 is 2.72 bits per heavy atom. The van der Waals surface area contributed by atoms with Crippen LogP contribution in [0.15, 0.2) is 46.9 Å². The number of hydrogen-bond donors (Lipinski definition) is 0. The fourth-order valence-electron chi connectivity index (χ4n) is 1.52. The Kier molecular flexibility index (Phi) is 4.10. The molecule has 0 aliphatic carbocycles. The van der Waals surface area contributed by atoms with Crippen LogP contribution < -0.4 is 4.74 Å². The molecule has 0 radical (unpaired) electrons. The summed E-state index contributed by atoms with van der Waals surface area (Å²) in [4.78, 5) is 10.8. The van der Waals surface area contributed by atoms with E-state index < -0.39 is 0 Å². The lowest BCUT2D eigenvalue weighted by atomic mass is 10.2. The van der Waals surface area contributed by atoms with Gasteiger partial charge in [-0.25, -0.2) is 4.39 Å². The summed E-state index contributed by atoms with van der Waals surface area (Å²) in [5.41, 5.74) is 1.17. The van der Waals surface area contributed by atoms with E-state index in [4.69, 9.17) is 4.74 Å². The monoisotopic (exact) mass is 308 g/mol. The number of carbonyl (C=O) groups is 1. The fraction of sp³-hybridized carbons (Fsp3) is 0.0714. The molecule has 0 heterocycles. The van der Waals surface area contributed by atoms with Crippen LogP contribution in [0.3, 0.4) is 0 Å². The van der Waals surface area contributed by atoms with Gasteiger partial charge in [-0.15, -0.1) is 0 Å². The van der Waals surface area contributed by atoms with Gasteiger partial charge in [0.15, 0.2) is 6.29 Å². The second kappa shape index (κ2) is 5.78. The number of aldehydes is 1. The first-order chi connectivity index (χ1) is 8.72. The molecule has 2 rings (SSSR count). The molecule has 0 unspecified atom stereocenters. The van der Waals surface area contributed by atoms with Crippen molar-refractivity contribution in [3.8, 4) is 5.75 Å². The number of ether oxygens (including phenoxy) is 1. The first kappa shape index (κ1) is 12.8. The summed E-state index contributed by atoms with van der Waals surface area (Å²) in [5, 5.41) is 0. The molecule has 0 aliphatic heterocycles. The van der Waals surface area contributed by atoms with E-state index in [-0.39, 0.29) is 12.4 Å². The van der Waals surface area contributed by atoms with E-state index in [1.54, 1.807) is 36.4 Å². The van der Waals surface area contributed by atoms with Gasteiger partial charge in [-0.1, -0.05) is 24.3 Å².